The monoisotopic (exact) mass is 1090 g/mol. The van der Waals surface area contributed by atoms with E-state index in [1.54, 1.807) is 13.8 Å². The van der Waals surface area contributed by atoms with E-state index < -0.39 is 5.97 Å². The van der Waals surface area contributed by atoms with Crippen LogP contribution in [0.2, 0.25) is 0 Å². The number of aryl methyl sites for hydroxylation is 2. The molecule has 420 valence electrons. The van der Waals surface area contributed by atoms with Gasteiger partial charge in [-0.2, -0.15) is 0 Å². The second-order valence-corrected chi connectivity index (χ2v) is 21.5. The second kappa shape index (κ2) is 24.3. The number of hydrogen-bond acceptors (Lipinski definition) is 16. The number of likely N-dealkylation sites (N-methyl/N-ethyl adjacent to an activating group) is 1. The van der Waals surface area contributed by atoms with Gasteiger partial charge < -0.3 is 48.2 Å². The minimum atomic E-state index is -0.748. The van der Waals surface area contributed by atoms with Gasteiger partial charge in [-0.1, -0.05) is 42.5 Å². The zero-order valence-electron chi connectivity index (χ0n) is 47.1. The Bertz CT molecular complexity index is 3510. The van der Waals surface area contributed by atoms with Gasteiger partial charge in [0.15, 0.2) is 11.6 Å². The number of pyridine rings is 2. The van der Waals surface area contributed by atoms with Gasteiger partial charge in [0.2, 0.25) is 11.6 Å². The van der Waals surface area contributed by atoms with Crippen LogP contribution in [0, 0.1) is 13.8 Å². The van der Waals surface area contributed by atoms with Crippen molar-refractivity contribution in [2.24, 2.45) is 0 Å². The highest BCUT2D eigenvalue weighted by Crippen LogP contribution is 2.42. The zero-order valence-corrected chi connectivity index (χ0v) is 47.1. The number of rotatable bonds is 18. The maximum absolute atomic E-state index is 13.8. The summed E-state index contributed by atoms with van der Waals surface area (Å²) in [7, 11) is 2.18. The molecule has 0 atom stereocenters. The third-order valence-electron chi connectivity index (χ3n) is 16.3. The summed E-state index contributed by atoms with van der Waals surface area (Å²) >= 11 is 0. The Labute approximate surface area is 471 Å². The number of carboxylic acids is 1. The lowest BCUT2D eigenvalue weighted by Crippen LogP contribution is -2.47. The molecule has 2 saturated heterocycles. The largest absolute Gasteiger partial charge is 0.481 e. The Kier molecular flexibility index (Phi) is 16.5. The van der Waals surface area contributed by atoms with E-state index >= 15 is 0 Å². The van der Waals surface area contributed by atoms with Crippen molar-refractivity contribution < 1.29 is 19.5 Å². The van der Waals surface area contributed by atoms with Gasteiger partial charge in [0, 0.05) is 150 Å². The van der Waals surface area contributed by atoms with Gasteiger partial charge in [-0.15, -0.1) is 40.8 Å². The first-order chi connectivity index (χ1) is 39.4. The topological polar surface area (TPSA) is 206 Å². The van der Waals surface area contributed by atoms with Crippen LogP contribution in [0.1, 0.15) is 76.9 Å². The third-order valence-corrected chi connectivity index (χ3v) is 16.3. The van der Waals surface area contributed by atoms with Crippen LogP contribution in [-0.4, -0.2) is 207 Å². The summed E-state index contributed by atoms with van der Waals surface area (Å²) in [5.74, 6) is 1.37. The molecule has 0 bridgehead atoms. The smallest absolute Gasteiger partial charge is 0.304 e. The molecule has 0 spiro atoms. The minimum absolute atomic E-state index is 0.0494. The normalized spacial score (nSPS) is 16.1. The number of nitrogens with zero attached hydrogens (tertiary/aromatic N) is 17. The summed E-state index contributed by atoms with van der Waals surface area (Å²) in [5, 5.41) is 42.1. The molecule has 81 heavy (non-hydrogen) atoms. The van der Waals surface area contributed by atoms with Crippen molar-refractivity contribution in [1.82, 2.24) is 79.0 Å². The number of amides is 2. The molecule has 0 aliphatic carbocycles. The molecule has 2 amide bonds. The SMILES string of the molecule is CCN(CC)c1ccc(-c2c3c(n4ccc(-c5nnc(C)nn5)cc24)C(=O)N(CCCN2CCN(C)CC2)C3)cc1.Cc1nnc(-c2ccn3c4c(c(-c5ccccc5)c3c2)CN(CCCN2CCN(CCC(=O)O)CC2)C4=O)nn1. The Morgan fingerprint density at radius 2 is 0.963 bits per heavy atom. The molecule has 2 fully saturated rings. The lowest BCUT2D eigenvalue weighted by molar-refractivity contribution is -0.137. The van der Waals surface area contributed by atoms with Crippen molar-refractivity contribution in [2.45, 2.75) is 60.0 Å². The first-order valence-electron chi connectivity index (χ1n) is 28.4. The van der Waals surface area contributed by atoms with Crippen LogP contribution in [0.3, 0.4) is 0 Å². The molecule has 8 aromatic rings. The maximum atomic E-state index is 13.8. The van der Waals surface area contributed by atoms with Crippen molar-refractivity contribution >= 4 is 34.5 Å². The van der Waals surface area contributed by atoms with Gasteiger partial charge in [-0.25, -0.2) is 0 Å². The third kappa shape index (κ3) is 11.7. The lowest BCUT2D eigenvalue weighted by atomic mass is 10.0. The number of carboxylic acid groups (broad SMARTS) is 1. The van der Waals surface area contributed by atoms with Crippen molar-refractivity contribution in [1.29, 1.82) is 0 Å². The molecule has 2 aromatic carbocycles. The number of anilines is 1. The molecule has 6 aromatic heterocycles. The molecule has 0 radical (unpaired) electrons. The standard InChI is InChI=1S/C31H39N9O.C29H32N8O3/c1-5-38(6-2)25-10-8-23(9-11-25)28-26-21-39(14-7-13-37-18-16-36(4)17-19-37)31(41)29(26)40-15-12-24(20-27(28)40)30-34-32-22(3)33-35-30;1-20-30-32-28(33-31-20)22-8-13-37-24(18-22)26(21-6-3-2-4-7-21)23-19-36(29(40)27(23)37)11-5-10-34-14-16-35(17-15-34)12-9-25(38)39/h8-12,15,20H,5-7,13-14,16-19,21H2,1-4H3;2-4,6-8,13,18H,5,9-12,14-17,19H2,1H3,(H,38,39). The molecule has 0 saturated carbocycles. The molecular formula is C60H71N17O4. The van der Waals surface area contributed by atoms with Crippen LogP contribution in [-0.2, 0) is 17.9 Å². The van der Waals surface area contributed by atoms with Gasteiger partial charge in [0.05, 0.1) is 17.5 Å². The fourth-order valence-corrected chi connectivity index (χ4v) is 11.8. The Morgan fingerprint density at radius 1 is 0.531 bits per heavy atom. The summed E-state index contributed by atoms with van der Waals surface area (Å²) in [6, 6.07) is 26.8. The summed E-state index contributed by atoms with van der Waals surface area (Å²) in [6.45, 7) is 23.0. The first-order valence-corrected chi connectivity index (χ1v) is 28.4. The number of fused-ring (bicyclic) bond motifs is 6. The van der Waals surface area contributed by atoms with Crippen LogP contribution < -0.4 is 4.90 Å². The second-order valence-electron chi connectivity index (χ2n) is 21.5. The number of carbonyl (C=O) groups is 3. The van der Waals surface area contributed by atoms with E-state index in [1.165, 1.54) is 5.69 Å². The van der Waals surface area contributed by atoms with Crippen molar-refractivity contribution in [3.8, 4) is 45.0 Å². The predicted molar refractivity (Wildman–Crippen MR) is 310 cm³/mol. The van der Waals surface area contributed by atoms with E-state index in [2.05, 4.69) is 129 Å². The quantitative estimate of drug-likeness (QED) is 0.102. The number of benzene rings is 2. The van der Waals surface area contributed by atoms with Gasteiger partial charge in [0.25, 0.3) is 11.8 Å². The molecule has 21 heteroatoms. The highest BCUT2D eigenvalue weighted by molar-refractivity contribution is 6.05. The van der Waals surface area contributed by atoms with Crippen LogP contribution in [0.25, 0.3) is 56.1 Å². The van der Waals surface area contributed by atoms with Crippen molar-refractivity contribution in [3.05, 3.63) is 125 Å². The van der Waals surface area contributed by atoms with Crippen LogP contribution >= 0.6 is 0 Å². The molecule has 12 rings (SSSR count). The molecular weight excluding hydrogens is 1020 g/mol. The molecule has 4 aliphatic heterocycles. The molecule has 10 heterocycles. The van der Waals surface area contributed by atoms with Gasteiger partial charge >= 0.3 is 5.97 Å². The van der Waals surface area contributed by atoms with E-state index in [9.17, 15) is 14.4 Å². The Hall–Kier alpha value is -8.11. The number of piperazine rings is 2. The van der Waals surface area contributed by atoms with Gasteiger partial charge in [0.1, 0.15) is 11.4 Å². The fourth-order valence-electron chi connectivity index (χ4n) is 11.8. The van der Waals surface area contributed by atoms with E-state index in [-0.39, 0.29) is 18.2 Å². The van der Waals surface area contributed by atoms with E-state index in [0.29, 0.717) is 55.2 Å². The van der Waals surface area contributed by atoms with Crippen LogP contribution in [0.15, 0.2) is 91.3 Å². The average molecular weight is 1090 g/mol. The number of aromatic nitrogens is 10. The summed E-state index contributed by atoms with van der Waals surface area (Å²) in [5.41, 5.74) is 12.7. The fraction of sp³-hybridized carbons (Fsp3) is 0.417. The van der Waals surface area contributed by atoms with Crippen molar-refractivity contribution in [3.63, 3.8) is 0 Å². The average Bonchev–Trinajstić information content (AvgIpc) is 3.85. The van der Waals surface area contributed by atoms with Crippen molar-refractivity contribution in [2.75, 3.05) is 110 Å². The first kappa shape index (κ1) is 54.8. The Morgan fingerprint density at radius 3 is 1.41 bits per heavy atom. The number of carbonyl (C=O) groups excluding carboxylic acids is 2. The number of aliphatic carboxylic acids is 1. The molecule has 4 aliphatic rings. The van der Waals surface area contributed by atoms with Crippen LogP contribution in [0.5, 0.6) is 0 Å². The minimum Gasteiger partial charge on any atom is -0.481 e. The van der Waals surface area contributed by atoms with Crippen LogP contribution in [0.4, 0.5) is 5.69 Å². The summed E-state index contributed by atoms with van der Waals surface area (Å²) < 4.78 is 4.04. The highest BCUT2D eigenvalue weighted by Gasteiger charge is 2.37. The zero-order chi connectivity index (χ0) is 56.1. The molecule has 21 nitrogen and oxygen atoms in total. The van der Waals surface area contributed by atoms with Gasteiger partial charge in [-0.3, -0.25) is 14.4 Å². The number of hydrogen-bond donors (Lipinski definition) is 1. The predicted octanol–water partition coefficient (Wildman–Crippen LogP) is 6.20. The Balaban J connectivity index is 0.000000170. The van der Waals surface area contributed by atoms with Gasteiger partial charge in [-0.05, 0) is 108 Å². The maximum Gasteiger partial charge on any atom is 0.304 e. The van der Waals surface area contributed by atoms with E-state index in [1.807, 2.05) is 67.4 Å². The molecule has 0 unspecified atom stereocenters. The molecule has 1 N–H and O–H groups in total. The van der Waals surface area contributed by atoms with E-state index in [0.717, 1.165) is 159 Å². The summed E-state index contributed by atoms with van der Waals surface area (Å²) in [4.78, 5) is 54.2. The summed E-state index contributed by atoms with van der Waals surface area (Å²) in [6.07, 6.45) is 5.94. The lowest BCUT2D eigenvalue weighted by Gasteiger charge is -2.34. The highest BCUT2D eigenvalue weighted by atomic mass is 16.4. The van der Waals surface area contributed by atoms with E-state index in [4.69, 9.17) is 5.11 Å².